The molecule has 0 fully saturated rings. The summed E-state index contributed by atoms with van der Waals surface area (Å²) >= 11 is 1.37. The first-order valence-corrected chi connectivity index (χ1v) is 7.87. The number of rotatable bonds is 6. The maximum Gasteiger partial charge on any atom is 0.189 e. The molecule has 116 valence electrons. The van der Waals surface area contributed by atoms with Crippen molar-refractivity contribution in [1.82, 2.24) is 0 Å². The van der Waals surface area contributed by atoms with Crippen LogP contribution in [0.3, 0.4) is 0 Å². The molecule has 0 saturated heterocycles. The first-order chi connectivity index (χ1) is 9.99. The highest BCUT2D eigenvalue weighted by Crippen LogP contribution is 2.29. The smallest absolute Gasteiger partial charge is 0.189 e. The summed E-state index contributed by atoms with van der Waals surface area (Å²) in [7, 11) is 0. The predicted molar refractivity (Wildman–Crippen MR) is 90.3 cm³/mol. The molecule has 0 aliphatic rings. The number of benzene rings is 1. The Morgan fingerprint density at radius 3 is 2.67 bits per heavy atom. The third-order valence-electron chi connectivity index (χ3n) is 2.77. The number of nitrogens with zero attached hydrogens (tertiary/aromatic N) is 1. The number of hydrogen-bond acceptors (Lipinski definition) is 5. The lowest BCUT2D eigenvalue weighted by Crippen LogP contribution is -2.08. The van der Waals surface area contributed by atoms with Crippen LogP contribution in [0.5, 0.6) is 5.75 Å². The molecular formula is C15H23N3O2S. The fourth-order valence-electron chi connectivity index (χ4n) is 1.85. The molecule has 0 spiro atoms. The van der Waals surface area contributed by atoms with Gasteiger partial charge in [-0.1, -0.05) is 17.8 Å². The normalized spacial score (nSPS) is 12.6. The summed E-state index contributed by atoms with van der Waals surface area (Å²) in [6.07, 6.45) is 3.41. The zero-order valence-corrected chi connectivity index (χ0v) is 13.8. The Hall–Kier alpha value is -1.66. The zero-order chi connectivity index (χ0) is 15.8. The summed E-state index contributed by atoms with van der Waals surface area (Å²) in [6, 6.07) is 3.98. The second kappa shape index (κ2) is 8.59. The number of aliphatic imine (C=N–C) groups is 1. The van der Waals surface area contributed by atoms with Gasteiger partial charge >= 0.3 is 0 Å². The second-order valence-corrected chi connectivity index (χ2v) is 5.29. The van der Waals surface area contributed by atoms with E-state index in [-0.39, 0.29) is 6.79 Å². The number of nitrogens with two attached hydrogens (primary N) is 2. The van der Waals surface area contributed by atoms with Crippen molar-refractivity contribution in [3.05, 3.63) is 35.0 Å². The van der Waals surface area contributed by atoms with Crippen molar-refractivity contribution >= 4 is 22.6 Å². The molecule has 6 heteroatoms. The first-order valence-electron chi connectivity index (χ1n) is 6.64. The van der Waals surface area contributed by atoms with Gasteiger partial charge in [-0.25, -0.2) is 4.99 Å². The van der Waals surface area contributed by atoms with Crippen molar-refractivity contribution in [2.75, 3.05) is 19.7 Å². The molecule has 0 unspecified atom stereocenters. The predicted octanol–water partition coefficient (Wildman–Crippen LogP) is 2.61. The molecule has 0 saturated carbocycles. The molecule has 0 radical (unpaired) electrons. The van der Waals surface area contributed by atoms with E-state index in [0.717, 1.165) is 16.7 Å². The Kier molecular flexibility index (Phi) is 7.11. The Morgan fingerprint density at radius 1 is 1.33 bits per heavy atom. The molecule has 0 bridgehead atoms. The molecule has 5 nitrogen and oxygen atoms in total. The van der Waals surface area contributed by atoms with Crippen LogP contribution in [0.15, 0.2) is 23.3 Å². The molecule has 21 heavy (non-hydrogen) atoms. The number of hydrogen-bond donors (Lipinski definition) is 2. The van der Waals surface area contributed by atoms with Crippen LogP contribution in [0.2, 0.25) is 0 Å². The molecule has 0 amide bonds. The van der Waals surface area contributed by atoms with Gasteiger partial charge in [0.15, 0.2) is 12.0 Å². The topological polar surface area (TPSA) is 82.9 Å². The van der Waals surface area contributed by atoms with Gasteiger partial charge in [-0.15, -0.1) is 0 Å². The zero-order valence-electron chi connectivity index (χ0n) is 13.0. The summed E-state index contributed by atoms with van der Waals surface area (Å²) in [5.74, 6) is 0.688. The van der Waals surface area contributed by atoms with E-state index in [1.165, 1.54) is 11.8 Å². The quantitative estimate of drug-likeness (QED) is 0.365. The summed E-state index contributed by atoms with van der Waals surface area (Å²) in [6.45, 7) is 6.70. The standard InChI is InChI=1S/C15H23N3O2S/c1-5-19-9-20-13-7-10(2)6-11(3)14(13)12(16)8-18-15(17)21-4/h6-8H,5,9,16H2,1-4H3,(H2,17,18)/b12-8-. The van der Waals surface area contributed by atoms with Crippen LogP contribution in [0.25, 0.3) is 5.70 Å². The lowest BCUT2D eigenvalue weighted by Gasteiger charge is -2.15. The molecule has 0 heterocycles. The summed E-state index contributed by atoms with van der Waals surface area (Å²) in [4.78, 5) is 4.10. The number of aryl methyl sites for hydroxylation is 2. The fourth-order valence-corrected chi connectivity index (χ4v) is 2.01. The van der Waals surface area contributed by atoms with Crippen molar-refractivity contribution in [1.29, 1.82) is 0 Å². The van der Waals surface area contributed by atoms with Crippen LogP contribution in [0, 0.1) is 13.8 Å². The van der Waals surface area contributed by atoms with Gasteiger partial charge in [0.1, 0.15) is 5.75 Å². The molecule has 0 aliphatic carbocycles. The summed E-state index contributed by atoms with van der Waals surface area (Å²) in [5.41, 5.74) is 15.2. The van der Waals surface area contributed by atoms with Crippen molar-refractivity contribution in [3.8, 4) is 5.75 Å². The van der Waals surface area contributed by atoms with Crippen LogP contribution >= 0.6 is 11.8 Å². The van der Waals surface area contributed by atoms with Crippen molar-refractivity contribution in [2.45, 2.75) is 20.8 Å². The minimum Gasteiger partial charge on any atom is -0.467 e. The van der Waals surface area contributed by atoms with Crippen molar-refractivity contribution in [3.63, 3.8) is 0 Å². The third kappa shape index (κ3) is 5.32. The van der Waals surface area contributed by atoms with Gasteiger partial charge in [0.25, 0.3) is 0 Å². The Balaban J connectivity index is 3.14. The average molecular weight is 309 g/mol. The van der Waals surface area contributed by atoms with Crippen LogP contribution in [-0.4, -0.2) is 24.8 Å². The van der Waals surface area contributed by atoms with Gasteiger partial charge in [0, 0.05) is 12.2 Å². The minimum absolute atomic E-state index is 0.190. The summed E-state index contributed by atoms with van der Waals surface area (Å²) in [5, 5.41) is 0.458. The second-order valence-electron chi connectivity index (χ2n) is 4.47. The van der Waals surface area contributed by atoms with Crippen molar-refractivity contribution < 1.29 is 9.47 Å². The maximum absolute atomic E-state index is 6.12. The SMILES string of the molecule is CCOCOc1cc(C)cc(C)c1/C(N)=C/N=C(\N)SC. The van der Waals surface area contributed by atoms with Crippen LogP contribution < -0.4 is 16.2 Å². The minimum atomic E-state index is 0.190. The molecule has 0 aliphatic heterocycles. The third-order valence-corrected chi connectivity index (χ3v) is 3.30. The van der Waals surface area contributed by atoms with E-state index in [1.54, 1.807) is 6.20 Å². The van der Waals surface area contributed by atoms with Crippen LogP contribution in [0.1, 0.15) is 23.6 Å². The average Bonchev–Trinajstić information content (AvgIpc) is 2.44. The molecule has 0 aromatic heterocycles. The Labute approximate surface area is 130 Å². The van der Waals surface area contributed by atoms with Gasteiger partial charge in [0.05, 0.1) is 11.9 Å². The lowest BCUT2D eigenvalue weighted by molar-refractivity contribution is 0.0222. The molecule has 1 rings (SSSR count). The van der Waals surface area contributed by atoms with E-state index in [1.807, 2.05) is 39.2 Å². The Morgan fingerprint density at radius 2 is 2.05 bits per heavy atom. The van der Waals surface area contributed by atoms with Crippen LogP contribution in [0.4, 0.5) is 0 Å². The van der Waals surface area contributed by atoms with E-state index in [9.17, 15) is 0 Å². The van der Waals surface area contributed by atoms with Gasteiger partial charge in [0.2, 0.25) is 0 Å². The largest absolute Gasteiger partial charge is 0.467 e. The summed E-state index contributed by atoms with van der Waals surface area (Å²) < 4.78 is 10.9. The van der Waals surface area contributed by atoms with E-state index in [2.05, 4.69) is 4.99 Å². The maximum atomic E-state index is 6.12. The van der Waals surface area contributed by atoms with Gasteiger partial charge < -0.3 is 20.9 Å². The van der Waals surface area contributed by atoms with E-state index < -0.39 is 0 Å². The van der Waals surface area contributed by atoms with E-state index in [4.69, 9.17) is 20.9 Å². The molecule has 0 atom stereocenters. The monoisotopic (exact) mass is 309 g/mol. The number of thioether (sulfide) groups is 1. The van der Waals surface area contributed by atoms with Crippen molar-refractivity contribution in [2.24, 2.45) is 16.5 Å². The fraction of sp³-hybridized carbons (Fsp3) is 0.400. The van der Waals surface area contributed by atoms with Gasteiger partial charge in [-0.3, -0.25) is 0 Å². The molecular weight excluding hydrogens is 286 g/mol. The number of ether oxygens (including phenoxy) is 2. The van der Waals surface area contributed by atoms with Gasteiger partial charge in [-0.2, -0.15) is 0 Å². The van der Waals surface area contributed by atoms with Crippen LogP contribution in [-0.2, 0) is 4.74 Å². The van der Waals surface area contributed by atoms with E-state index in [0.29, 0.717) is 23.2 Å². The molecule has 4 N–H and O–H groups in total. The highest BCUT2D eigenvalue weighted by Gasteiger charge is 2.11. The highest BCUT2D eigenvalue weighted by molar-refractivity contribution is 8.13. The van der Waals surface area contributed by atoms with E-state index >= 15 is 0 Å². The highest BCUT2D eigenvalue weighted by atomic mass is 32.2. The molecule has 1 aromatic rings. The Bertz CT molecular complexity index is 542. The molecule has 1 aromatic carbocycles. The first kappa shape index (κ1) is 17.4. The van der Waals surface area contributed by atoms with Gasteiger partial charge in [-0.05, 0) is 44.2 Å². The number of amidine groups is 1. The lowest BCUT2D eigenvalue weighted by atomic mass is 10.0.